The molecule has 2 aromatic rings. The van der Waals surface area contributed by atoms with E-state index in [4.69, 9.17) is 16.7 Å². The van der Waals surface area contributed by atoms with Crippen molar-refractivity contribution in [3.05, 3.63) is 56.1 Å². The molecule has 0 saturated carbocycles. The van der Waals surface area contributed by atoms with E-state index < -0.39 is 11.0 Å². The average molecular weight is 438 g/mol. The van der Waals surface area contributed by atoms with Crippen LogP contribution in [0.1, 0.15) is 35.8 Å². The lowest BCUT2D eigenvalue weighted by Gasteiger charge is -2.25. The van der Waals surface area contributed by atoms with Gasteiger partial charge in [0.15, 0.2) is 0 Å². The molecule has 5 nitrogen and oxygen atoms in total. The monoisotopic (exact) mass is 437 g/mol. The zero-order chi connectivity index (χ0) is 20.1. The summed E-state index contributed by atoms with van der Waals surface area (Å²) in [7, 11) is -1.37. The van der Waals surface area contributed by atoms with Crippen LogP contribution in [0.25, 0.3) is 6.08 Å². The van der Waals surface area contributed by atoms with Crippen LogP contribution in [0.5, 0.6) is 0 Å². The first-order chi connectivity index (χ1) is 13.4. The number of anilines is 1. The SMILES string of the molecule is C[C@H]1Cc2cc(N3CCCC3=O)ccc2CN1.NS(=O)/C=C/c1ccc(Cl)s1. The van der Waals surface area contributed by atoms with E-state index in [-0.39, 0.29) is 5.91 Å². The molecule has 28 heavy (non-hydrogen) atoms. The van der Waals surface area contributed by atoms with Gasteiger partial charge in [-0.05, 0) is 61.2 Å². The van der Waals surface area contributed by atoms with Gasteiger partial charge < -0.3 is 10.2 Å². The van der Waals surface area contributed by atoms with Crippen molar-refractivity contribution in [2.24, 2.45) is 5.14 Å². The predicted octanol–water partition coefficient (Wildman–Crippen LogP) is 3.84. The summed E-state index contributed by atoms with van der Waals surface area (Å²) in [6.07, 6.45) is 4.45. The molecule has 0 bridgehead atoms. The average Bonchev–Trinajstić information content (AvgIpc) is 3.28. The first-order valence-electron chi connectivity index (χ1n) is 9.16. The Bertz CT molecular complexity index is 897. The lowest BCUT2D eigenvalue weighted by atomic mass is 9.96. The summed E-state index contributed by atoms with van der Waals surface area (Å²) in [5.41, 5.74) is 3.85. The molecule has 2 aliphatic rings. The minimum absolute atomic E-state index is 0.270. The van der Waals surface area contributed by atoms with Crippen LogP contribution in [0, 0.1) is 0 Å². The van der Waals surface area contributed by atoms with Gasteiger partial charge in [0.25, 0.3) is 0 Å². The Morgan fingerprint density at radius 1 is 1.32 bits per heavy atom. The first kappa shape index (κ1) is 21.2. The van der Waals surface area contributed by atoms with E-state index in [0.717, 1.165) is 36.5 Å². The number of nitrogens with two attached hydrogens (primary N) is 1. The Hall–Kier alpha value is -1.51. The van der Waals surface area contributed by atoms with Gasteiger partial charge in [0.2, 0.25) is 5.91 Å². The fourth-order valence-corrected chi connectivity index (χ4v) is 4.63. The fraction of sp³-hybridized carbons (Fsp3) is 0.350. The number of amides is 1. The number of carbonyl (C=O) groups excluding carboxylic acids is 1. The van der Waals surface area contributed by atoms with Gasteiger partial charge in [0.05, 0.1) is 4.34 Å². The highest BCUT2D eigenvalue weighted by molar-refractivity contribution is 7.85. The molecule has 1 fully saturated rings. The molecule has 1 unspecified atom stereocenters. The highest BCUT2D eigenvalue weighted by Gasteiger charge is 2.23. The third kappa shape index (κ3) is 5.75. The van der Waals surface area contributed by atoms with Gasteiger partial charge in [-0.25, -0.2) is 9.35 Å². The van der Waals surface area contributed by atoms with Crippen LogP contribution in [0.15, 0.2) is 35.7 Å². The number of rotatable bonds is 3. The number of carbonyl (C=O) groups is 1. The summed E-state index contributed by atoms with van der Waals surface area (Å²) in [5.74, 6) is 0.270. The molecule has 1 aromatic carbocycles. The van der Waals surface area contributed by atoms with Crippen molar-refractivity contribution in [3.8, 4) is 0 Å². The summed E-state index contributed by atoms with van der Waals surface area (Å²) in [5, 5.41) is 9.88. The third-order valence-corrected chi connectivity index (χ3v) is 6.30. The molecule has 1 aromatic heterocycles. The molecule has 0 spiro atoms. The van der Waals surface area contributed by atoms with Crippen LogP contribution < -0.4 is 15.4 Å². The minimum Gasteiger partial charge on any atom is -0.312 e. The van der Waals surface area contributed by atoms with Crippen molar-refractivity contribution in [2.75, 3.05) is 11.4 Å². The maximum absolute atomic E-state index is 11.7. The molecular weight excluding hydrogens is 414 g/mol. The van der Waals surface area contributed by atoms with Gasteiger partial charge >= 0.3 is 0 Å². The van der Waals surface area contributed by atoms with E-state index in [1.165, 1.54) is 27.9 Å². The van der Waals surface area contributed by atoms with E-state index in [1.807, 2.05) is 11.0 Å². The number of halogens is 1. The lowest BCUT2D eigenvalue weighted by molar-refractivity contribution is -0.117. The summed E-state index contributed by atoms with van der Waals surface area (Å²) in [4.78, 5) is 14.6. The Labute approximate surface area is 177 Å². The van der Waals surface area contributed by atoms with Gasteiger partial charge in [0, 0.05) is 41.5 Å². The van der Waals surface area contributed by atoms with Crippen molar-refractivity contribution < 1.29 is 9.00 Å². The maximum atomic E-state index is 11.7. The van der Waals surface area contributed by atoms with E-state index in [1.54, 1.807) is 12.1 Å². The molecule has 150 valence electrons. The standard InChI is InChI=1S/C14H18N2O.C6H6ClNOS2/c1-10-7-12-8-13(5-4-11(12)9-15-10)16-6-2-3-14(16)17;7-6-2-1-5(10-6)3-4-11(8)9/h4-5,8,10,15H,2-3,6-7,9H2,1H3;1-4H,8H2/b;4-3+/t10-;/m0./s1. The van der Waals surface area contributed by atoms with E-state index in [2.05, 4.69) is 30.4 Å². The number of benzene rings is 1. The quantitative estimate of drug-likeness (QED) is 0.765. The Morgan fingerprint density at radius 3 is 2.79 bits per heavy atom. The molecule has 4 rings (SSSR count). The first-order valence-corrected chi connectivity index (χ1v) is 11.6. The summed E-state index contributed by atoms with van der Waals surface area (Å²) in [6, 6.07) is 10.6. The summed E-state index contributed by atoms with van der Waals surface area (Å²) >= 11 is 7.07. The normalized spacial score (nSPS) is 20.0. The Kier molecular flexibility index (Phi) is 7.42. The molecule has 1 saturated heterocycles. The number of fused-ring (bicyclic) bond motifs is 1. The van der Waals surface area contributed by atoms with Gasteiger partial charge in [-0.3, -0.25) is 4.79 Å². The molecular formula is C20H24ClN3O2S2. The maximum Gasteiger partial charge on any atom is 0.227 e. The van der Waals surface area contributed by atoms with Crippen LogP contribution in [0.4, 0.5) is 5.69 Å². The van der Waals surface area contributed by atoms with Crippen molar-refractivity contribution in [3.63, 3.8) is 0 Å². The van der Waals surface area contributed by atoms with Crippen LogP contribution in [0.3, 0.4) is 0 Å². The van der Waals surface area contributed by atoms with Gasteiger partial charge in [-0.2, -0.15) is 0 Å². The Morgan fingerprint density at radius 2 is 2.14 bits per heavy atom. The van der Waals surface area contributed by atoms with Crippen LogP contribution >= 0.6 is 22.9 Å². The lowest BCUT2D eigenvalue weighted by Crippen LogP contribution is -2.33. The van der Waals surface area contributed by atoms with Crippen molar-refractivity contribution in [1.29, 1.82) is 0 Å². The molecule has 2 atom stereocenters. The molecule has 2 aliphatic heterocycles. The molecule has 8 heteroatoms. The van der Waals surface area contributed by atoms with E-state index in [0.29, 0.717) is 16.8 Å². The van der Waals surface area contributed by atoms with Gasteiger partial charge in [0.1, 0.15) is 11.0 Å². The largest absolute Gasteiger partial charge is 0.312 e. The van der Waals surface area contributed by atoms with Crippen LogP contribution in [-0.2, 0) is 28.7 Å². The highest BCUT2D eigenvalue weighted by atomic mass is 35.5. The third-order valence-electron chi connectivity index (χ3n) is 4.70. The number of thiophene rings is 1. The zero-order valence-electron chi connectivity index (χ0n) is 15.7. The van der Waals surface area contributed by atoms with Gasteiger partial charge in [-0.1, -0.05) is 17.7 Å². The number of hydrogen-bond acceptors (Lipinski definition) is 4. The molecule has 0 aliphatic carbocycles. The summed E-state index contributed by atoms with van der Waals surface area (Å²) < 4.78 is 11.1. The number of hydrogen-bond donors (Lipinski definition) is 2. The summed E-state index contributed by atoms with van der Waals surface area (Å²) in [6.45, 7) is 4.03. The fourth-order valence-electron chi connectivity index (χ4n) is 3.30. The molecule has 3 N–H and O–H groups in total. The second-order valence-corrected chi connectivity index (χ2v) is 9.54. The smallest absolute Gasteiger partial charge is 0.227 e. The van der Waals surface area contributed by atoms with Gasteiger partial charge in [-0.15, -0.1) is 11.3 Å². The topological polar surface area (TPSA) is 75.4 Å². The minimum atomic E-state index is -1.37. The van der Waals surface area contributed by atoms with E-state index >= 15 is 0 Å². The second kappa shape index (κ2) is 9.80. The number of nitrogens with zero attached hydrogens (tertiary/aromatic N) is 1. The van der Waals surface area contributed by atoms with Crippen LogP contribution in [0.2, 0.25) is 4.34 Å². The van der Waals surface area contributed by atoms with Crippen LogP contribution in [-0.4, -0.2) is 22.7 Å². The molecule has 0 radical (unpaired) electrons. The van der Waals surface area contributed by atoms with Crippen molar-refractivity contribution in [2.45, 2.75) is 38.8 Å². The predicted molar refractivity (Wildman–Crippen MR) is 119 cm³/mol. The molecule has 3 heterocycles. The van der Waals surface area contributed by atoms with E-state index in [9.17, 15) is 9.00 Å². The zero-order valence-corrected chi connectivity index (χ0v) is 18.1. The Balaban J connectivity index is 0.000000178. The van der Waals surface area contributed by atoms with Crippen molar-refractivity contribution >= 4 is 51.6 Å². The van der Waals surface area contributed by atoms with Crippen molar-refractivity contribution in [1.82, 2.24) is 5.32 Å². The molecule has 1 amide bonds. The second-order valence-electron chi connectivity index (χ2n) is 6.86. The number of nitrogens with one attached hydrogen (secondary N) is 1. The highest BCUT2D eigenvalue weighted by Crippen LogP contribution is 2.26.